The zero-order valence-corrected chi connectivity index (χ0v) is 23.2. The van der Waals surface area contributed by atoms with Gasteiger partial charge in [0.15, 0.2) is 17.6 Å². The van der Waals surface area contributed by atoms with Gasteiger partial charge >= 0.3 is 5.97 Å². The first-order valence-corrected chi connectivity index (χ1v) is 14.0. The fourth-order valence-corrected chi connectivity index (χ4v) is 5.76. The lowest BCUT2D eigenvalue weighted by molar-refractivity contribution is -0.157. The maximum Gasteiger partial charge on any atom is 0.326 e. The fraction of sp³-hybridized carbons (Fsp3) is 0.419. The number of carbonyl (C=O) groups excluding carboxylic acids is 1. The highest BCUT2D eigenvalue weighted by Gasteiger charge is 2.41. The first-order valence-electron chi connectivity index (χ1n) is 13.7. The maximum absolute atomic E-state index is 14.0. The second-order valence-electron chi connectivity index (χ2n) is 10.4. The molecule has 0 radical (unpaired) electrons. The van der Waals surface area contributed by atoms with Crippen molar-refractivity contribution < 1.29 is 33.3 Å². The molecule has 2 aliphatic carbocycles. The summed E-state index contributed by atoms with van der Waals surface area (Å²) in [6, 6.07) is 6.85. The highest BCUT2D eigenvalue weighted by atomic mass is 35.5. The number of carboxylic acids is 1. The van der Waals surface area contributed by atoms with Crippen LogP contribution in [-0.2, 0) is 33.9 Å². The van der Waals surface area contributed by atoms with Crippen molar-refractivity contribution in [2.24, 2.45) is 0 Å². The molecule has 40 heavy (non-hydrogen) atoms. The molecule has 0 unspecified atom stereocenters. The van der Waals surface area contributed by atoms with Crippen LogP contribution < -0.4 is 9.47 Å². The zero-order valence-electron chi connectivity index (χ0n) is 22.4. The van der Waals surface area contributed by atoms with Crippen LogP contribution in [0.4, 0.5) is 4.39 Å². The highest BCUT2D eigenvalue weighted by Crippen LogP contribution is 2.39. The van der Waals surface area contributed by atoms with Crippen LogP contribution in [0.5, 0.6) is 11.5 Å². The van der Waals surface area contributed by atoms with Crippen molar-refractivity contribution in [3.8, 4) is 11.5 Å². The van der Waals surface area contributed by atoms with Gasteiger partial charge in [0.05, 0.1) is 18.2 Å². The average Bonchev–Trinajstić information content (AvgIpc) is 3.49. The molecule has 0 bridgehead atoms. The van der Waals surface area contributed by atoms with Crippen LogP contribution in [0.2, 0.25) is 5.02 Å². The van der Waals surface area contributed by atoms with Crippen molar-refractivity contribution in [2.45, 2.75) is 76.3 Å². The van der Waals surface area contributed by atoms with E-state index in [0.29, 0.717) is 22.6 Å². The van der Waals surface area contributed by atoms with Crippen molar-refractivity contribution in [2.75, 3.05) is 7.11 Å². The Kier molecular flexibility index (Phi) is 8.76. The van der Waals surface area contributed by atoms with Gasteiger partial charge in [0.25, 0.3) is 5.91 Å². The van der Waals surface area contributed by atoms with Gasteiger partial charge in [-0.1, -0.05) is 54.8 Å². The predicted molar refractivity (Wildman–Crippen MR) is 148 cm³/mol. The van der Waals surface area contributed by atoms with Crippen molar-refractivity contribution in [1.82, 2.24) is 4.90 Å². The second kappa shape index (κ2) is 12.4. The summed E-state index contributed by atoms with van der Waals surface area (Å²) in [7, 11) is 1.50. The largest absolute Gasteiger partial charge is 0.493 e. The van der Waals surface area contributed by atoms with Gasteiger partial charge in [-0.25, -0.2) is 9.18 Å². The molecule has 1 fully saturated rings. The number of ether oxygens (including phenoxy) is 3. The van der Waals surface area contributed by atoms with Gasteiger partial charge in [0, 0.05) is 18.5 Å². The standard InChI is InChI=1S/C31H33ClFNO6/c1-38-27-14-12-21-17-34(30(35)28(20-7-3-2-4-8-20)40-22-9-5-6-10-22)26(31(36)37)16-23(21)29(27)39-18-19-11-13-24(32)25(33)15-19/h3,7-8,11-15,22,26,28H,2,4-6,9-10,16-18H2,1H3,(H,36,37)/t26-,28-/m0/s1. The Hall–Kier alpha value is -3.36. The zero-order chi connectivity index (χ0) is 28.2. The number of rotatable bonds is 9. The van der Waals surface area contributed by atoms with Crippen molar-refractivity contribution in [3.05, 3.63) is 81.7 Å². The number of hydrogen-bond acceptors (Lipinski definition) is 5. The summed E-state index contributed by atoms with van der Waals surface area (Å²) in [6.45, 7) is 0.113. The number of nitrogens with zero attached hydrogens (tertiary/aromatic N) is 1. The van der Waals surface area contributed by atoms with E-state index in [0.717, 1.165) is 49.7 Å². The first-order chi connectivity index (χ1) is 19.4. The molecule has 0 spiro atoms. The number of fused-ring (bicyclic) bond motifs is 1. The molecule has 7 nitrogen and oxygen atoms in total. The molecular formula is C31H33ClFNO6. The summed E-state index contributed by atoms with van der Waals surface area (Å²) in [5.41, 5.74) is 2.75. The molecule has 3 aliphatic rings. The van der Waals surface area contributed by atoms with Gasteiger partial charge in [0.1, 0.15) is 18.5 Å². The molecule has 1 amide bonds. The van der Waals surface area contributed by atoms with E-state index in [1.54, 1.807) is 12.1 Å². The number of amides is 1. The van der Waals surface area contributed by atoms with Gasteiger partial charge < -0.3 is 24.2 Å². The van der Waals surface area contributed by atoms with E-state index in [-0.39, 0.29) is 36.6 Å². The minimum absolute atomic E-state index is 0.0159. The molecule has 1 heterocycles. The Balaban J connectivity index is 1.44. The molecule has 212 valence electrons. The molecule has 1 aliphatic heterocycles. The minimum Gasteiger partial charge on any atom is -0.493 e. The molecule has 5 rings (SSSR count). The molecular weight excluding hydrogens is 537 g/mol. The van der Waals surface area contributed by atoms with Crippen LogP contribution in [0.15, 0.2) is 54.1 Å². The third-order valence-corrected chi connectivity index (χ3v) is 8.08. The number of allylic oxidation sites excluding steroid dienone is 2. The fourth-order valence-electron chi connectivity index (χ4n) is 5.65. The number of halogens is 2. The average molecular weight is 570 g/mol. The van der Waals surface area contributed by atoms with Crippen LogP contribution in [0.25, 0.3) is 0 Å². The van der Waals surface area contributed by atoms with E-state index in [2.05, 4.69) is 0 Å². The van der Waals surface area contributed by atoms with E-state index in [1.165, 1.54) is 24.1 Å². The van der Waals surface area contributed by atoms with Crippen LogP contribution in [0.3, 0.4) is 0 Å². The first kappa shape index (κ1) is 28.2. The van der Waals surface area contributed by atoms with E-state index in [4.69, 9.17) is 25.8 Å². The molecule has 9 heteroatoms. The van der Waals surface area contributed by atoms with Crippen molar-refractivity contribution in [3.63, 3.8) is 0 Å². The quantitative estimate of drug-likeness (QED) is 0.398. The van der Waals surface area contributed by atoms with Gasteiger partial charge in [-0.3, -0.25) is 4.79 Å². The predicted octanol–water partition coefficient (Wildman–Crippen LogP) is 6.01. The summed E-state index contributed by atoms with van der Waals surface area (Å²) in [4.78, 5) is 28.0. The van der Waals surface area contributed by atoms with Gasteiger partial charge in [-0.05, 0) is 60.6 Å². The van der Waals surface area contributed by atoms with Crippen molar-refractivity contribution >= 4 is 23.5 Å². The minimum atomic E-state index is -1.12. The number of carboxylic acid groups (broad SMARTS) is 1. The number of hydrogen-bond donors (Lipinski definition) is 1. The van der Waals surface area contributed by atoms with Crippen molar-refractivity contribution in [1.29, 1.82) is 0 Å². The van der Waals surface area contributed by atoms with E-state index in [9.17, 15) is 19.1 Å². The Bertz CT molecular complexity index is 1340. The molecule has 0 aromatic heterocycles. The Morgan fingerprint density at radius 1 is 1.18 bits per heavy atom. The Labute approximate surface area is 238 Å². The molecule has 1 saturated carbocycles. The molecule has 2 aromatic rings. The molecule has 1 N–H and O–H groups in total. The molecule has 0 saturated heterocycles. The SMILES string of the molecule is COc1ccc2c(c1OCc1ccc(Cl)c(F)c1)C[C@@H](C(=O)O)N(C(=O)[C@@H](OC1CCCC1)C1=CCCC=C1)C2. The van der Waals surface area contributed by atoms with Gasteiger partial charge in [0.2, 0.25) is 0 Å². The number of aliphatic carboxylic acids is 1. The smallest absolute Gasteiger partial charge is 0.326 e. The molecule has 2 atom stereocenters. The number of benzene rings is 2. The van der Waals surface area contributed by atoms with E-state index in [1.807, 2.05) is 24.3 Å². The monoisotopic (exact) mass is 569 g/mol. The second-order valence-corrected chi connectivity index (χ2v) is 10.8. The highest BCUT2D eigenvalue weighted by molar-refractivity contribution is 6.30. The summed E-state index contributed by atoms with van der Waals surface area (Å²) in [6.07, 6.45) is 10.7. The lowest BCUT2D eigenvalue weighted by atomic mass is 9.91. The topological polar surface area (TPSA) is 85.3 Å². The van der Waals surface area contributed by atoms with Crippen LogP contribution in [-0.4, -0.2) is 47.2 Å². The van der Waals surface area contributed by atoms with Gasteiger partial charge in [-0.15, -0.1) is 0 Å². The van der Waals surface area contributed by atoms with Crippen LogP contribution >= 0.6 is 11.6 Å². The van der Waals surface area contributed by atoms with E-state index < -0.39 is 23.9 Å². The summed E-state index contributed by atoms with van der Waals surface area (Å²) >= 11 is 5.80. The normalized spacial score (nSPS) is 19.6. The van der Waals surface area contributed by atoms with E-state index >= 15 is 0 Å². The van der Waals surface area contributed by atoms with Gasteiger partial charge in [-0.2, -0.15) is 0 Å². The lowest BCUT2D eigenvalue weighted by Gasteiger charge is -2.38. The number of carbonyl (C=O) groups is 2. The third-order valence-electron chi connectivity index (χ3n) is 7.77. The van der Waals surface area contributed by atoms with Crippen LogP contribution in [0.1, 0.15) is 55.2 Å². The van der Waals surface area contributed by atoms with Crippen LogP contribution in [0, 0.1) is 5.82 Å². The summed E-state index contributed by atoms with van der Waals surface area (Å²) in [5.74, 6) is -1.21. The number of methoxy groups -OCH3 is 1. The summed E-state index contributed by atoms with van der Waals surface area (Å²) in [5, 5.41) is 10.3. The third kappa shape index (κ3) is 6.03. The maximum atomic E-state index is 14.0. The molecule has 2 aromatic carbocycles. The Morgan fingerprint density at radius 2 is 1.98 bits per heavy atom. The summed E-state index contributed by atoms with van der Waals surface area (Å²) < 4.78 is 31.9. The Morgan fingerprint density at radius 3 is 2.65 bits per heavy atom. The lowest BCUT2D eigenvalue weighted by Crippen LogP contribution is -2.53.